The molecule has 0 bridgehead atoms. The summed E-state index contributed by atoms with van der Waals surface area (Å²) < 4.78 is 0. The molecule has 2 aromatic rings. The van der Waals surface area contributed by atoms with E-state index in [1.54, 1.807) is 0 Å². The number of benzene rings is 2. The largest absolute Gasteiger partial charge is 0.192 e. The van der Waals surface area contributed by atoms with Gasteiger partial charge in [-0.1, -0.05) is 56.7 Å². The number of nitrogens with zero attached hydrogens (tertiary/aromatic N) is 1. The summed E-state index contributed by atoms with van der Waals surface area (Å²) in [5.74, 6) is 0.737. The Morgan fingerprint density at radius 3 is 1.54 bits per heavy atom. The Hall–Kier alpha value is -1.10. The lowest BCUT2D eigenvalue weighted by Gasteiger charge is -2.53. The summed E-state index contributed by atoms with van der Waals surface area (Å²) in [6.45, 7) is 0.794. The normalized spacial score (nSPS) is 11.1. The van der Waals surface area contributed by atoms with Crippen LogP contribution in [0.25, 0.3) is 11.1 Å². The van der Waals surface area contributed by atoms with Gasteiger partial charge in [0.05, 0.1) is 11.6 Å². The minimum absolute atomic E-state index is 0.701. The van der Waals surface area contributed by atoms with Crippen molar-refractivity contribution < 1.29 is 0 Å². The van der Waals surface area contributed by atoms with E-state index in [9.17, 15) is 0 Å². The molecule has 2 aromatic carbocycles. The Labute approximate surface area is 228 Å². The maximum Gasteiger partial charge on any atom is 0.0991 e. The van der Waals surface area contributed by atoms with Gasteiger partial charge in [0.2, 0.25) is 0 Å². The quantitative estimate of drug-likeness (QED) is 0.465. The maximum absolute atomic E-state index is 8.79. The van der Waals surface area contributed by atoms with Gasteiger partial charge in [0.1, 0.15) is 0 Å². The van der Waals surface area contributed by atoms with Gasteiger partial charge in [-0.05, 0) is 41.2 Å². The van der Waals surface area contributed by atoms with Crippen molar-refractivity contribution >= 4 is 109 Å². The van der Waals surface area contributed by atoms with Crippen LogP contribution in [0.15, 0.2) is 48.5 Å². The van der Waals surface area contributed by atoms with Gasteiger partial charge in [0.15, 0.2) is 0 Å². The fourth-order valence-electron chi connectivity index (χ4n) is 4.08. The summed E-state index contributed by atoms with van der Waals surface area (Å²) in [5, 5.41) is 7.52. The summed E-state index contributed by atoms with van der Waals surface area (Å²) >= 11 is 0. The van der Waals surface area contributed by atoms with E-state index < -0.39 is 37.4 Å². The first-order chi connectivity index (χ1) is 16.4. The SMILES string of the molecule is CCC(C)Cc1ccc(-c2ccc(C#N)cc2)cc1.[B][B]B(B([B])[B])C(B([B])[B])(B([B])[B])B([B])[B]. The molecule has 0 aliphatic rings. The smallest absolute Gasteiger partial charge is 0.0991 e. The molecule has 19 radical (unpaired) electrons. The van der Waals surface area contributed by atoms with E-state index >= 15 is 0 Å². The summed E-state index contributed by atoms with van der Waals surface area (Å²) in [5.41, 5.74) is 4.47. The number of rotatable bonds is 10. The second-order valence-corrected chi connectivity index (χ2v) is 8.98. The second-order valence-electron chi connectivity index (χ2n) is 8.98. The van der Waals surface area contributed by atoms with Crippen LogP contribution in [-0.4, -0.2) is 109 Å². The number of hydrogen-bond acceptors (Lipinski definition) is 1. The molecule has 0 heterocycles. The fraction of sp³-hybridized carbons (Fsp3) is 0.316. The van der Waals surface area contributed by atoms with Crippen molar-refractivity contribution in [2.75, 3.05) is 0 Å². The molecule has 0 fully saturated rings. The van der Waals surface area contributed by atoms with Gasteiger partial charge in [-0.25, -0.2) is 0 Å². The first kappa shape index (κ1) is 31.9. The highest BCUT2D eigenvalue weighted by Gasteiger charge is 2.46. The molecule has 1 nitrogen and oxygen atoms in total. The standard InChI is InChI=1S/C18H19N.CB15/c1-3-14(2)12-15-4-8-17(9-5-15)18-10-6-16(13-19)7-11-18;2-11-15(16(9)10)1(12(3)4,13(5)6)14(7)8/h4-11,14H,3,12H2,1-2H3;. The number of nitriles is 1. The zero-order valence-corrected chi connectivity index (χ0v) is 20.7. The summed E-state index contributed by atoms with van der Waals surface area (Å²) in [7, 11) is 51.8. The zero-order chi connectivity index (χ0) is 26.8. The highest BCUT2D eigenvalue weighted by Crippen LogP contribution is 2.33. The molecule has 1 unspecified atom stereocenters. The van der Waals surface area contributed by atoms with Crippen molar-refractivity contribution in [1.82, 2.24) is 0 Å². The lowest BCUT2D eigenvalue weighted by Crippen LogP contribution is -2.71. The van der Waals surface area contributed by atoms with Gasteiger partial charge in [-0.15, -0.1) is 0 Å². The Morgan fingerprint density at radius 2 is 1.26 bits per heavy atom. The van der Waals surface area contributed by atoms with E-state index in [0.29, 0.717) is 5.56 Å². The van der Waals surface area contributed by atoms with Gasteiger partial charge in [0.25, 0.3) is 0 Å². The fourth-order valence-corrected chi connectivity index (χ4v) is 4.08. The van der Waals surface area contributed by atoms with Crippen molar-refractivity contribution in [3.63, 3.8) is 0 Å². The molecule has 0 saturated heterocycles. The molecular weight excluding hydrogens is 404 g/mol. The highest BCUT2D eigenvalue weighted by molar-refractivity contribution is 7.80. The van der Waals surface area contributed by atoms with Gasteiger partial charge in [0, 0.05) is 109 Å². The molecule has 0 N–H and O–H groups in total. The van der Waals surface area contributed by atoms with Gasteiger partial charge < -0.3 is 0 Å². The van der Waals surface area contributed by atoms with Crippen LogP contribution in [0.3, 0.4) is 0 Å². The molecule has 1 atom stereocenters. The van der Waals surface area contributed by atoms with Crippen molar-refractivity contribution in [2.24, 2.45) is 5.92 Å². The topological polar surface area (TPSA) is 23.8 Å². The van der Waals surface area contributed by atoms with Crippen LogP contribution in [-0.2, 0) is 6.42 Å². The monoisotopic (exact) mass is 426 g/mol. The molecule has 0 saturated carbocycles. The van der Waals surface area contributed by atoms with Crippen LogP contribution in [0, 0.1) is 17.2 Å². The Balaban J connectivity index is 0.000000357. The van der Waals surface area contributed by atoms with Crippen LogP contribution in [0.4, 0.5) is 0 Å². The predicted octanol–water partition coefficient (Wildman–Crippen LogP) is -0.683. The van der Waals surface area contributed by atoms with Gasteiger partial charge in [-0.2, -0.15) is 10.3 Å². The molecule has 145 valence electrons. The first-order valence-electron chi connectivity index (χ1n) is 11.6. The second kappa shape index (κ2) is 15.2. The molecule has 0 spiro atoms. The third-order valence-corrected chi connectivity index (χ3v) is 6.51. The van der Waals surface area contributed by atoms with Crippen LogP contribution in [0.2, 0.25) is 5.01 Å². The Kier molecular flexibility index (Phi) is 13.9. The average Bonchev–Trinajstić information content (AvgIpc) is 2.82. The van der Waals surface area contributed by atoms with Crippen LogP contribution in [0.5, 0.6) is 0 Å². The number of hydrogen-bond donors (Lipinski definition) is 0. The average molecular weight is 424 g/mol. The molecule has 16 heteroatoms. The molecule has 35 heavy (non-hydrogen) atoms. The maximum atomic E-state index is 8.79. The van der Waals surface area contributed by atoms with E-state index in [0.717, 1.165) is 17.9 Å². The van der Waals surface area contributed by atoms with Crippen LogP contribution < -0.4 is 0 Å². The van der Waals surface area contributed by atoms with Crippen molar-refractivity contribution in [3.05, 3.63) is 59.7 Å². The van der Waals surface area contributed by atoms with E-state index in [-0.39, 0.29) is 0 Å². The molecule has 0 aliphatic carbocycles. The Morgan fingerprint density at radius 1 is 0.829 bits per heavy atom. The lowest BCUT2D eigenvalue weighted by atomic mass is 8.60. The molecule has 0 amide bonds. The lowest BCUT2D eigenvalue weighted by molar-refractivity contribution is 0.560. The van der Waals surface area contributed by atoms with Crippen molar-refractivity contribution in [1.29, 1.82) is 5.26 Å². The summed E-state index contributed by atoms with van der Waals surface area (Å²) in [4.78, 5) is 0. The van der Waals surface area contributed by atoms with Gasteiger partial charge >= 0.3 is 0 Å². The van der Waals surface area contributed by atoms with Crippen molar-refractivity contribution in [3.8, 4) is 17.2 Å². The van der Waals surface area contributed by atoms with Crippen molar-refractivity contribution in [2.45, 2.75) is 31.7 Å². The minimum atomic E-state index is -1.27. The molecular formula is C19H19B15N. The third kappa shape index (κ3) is 8.47. The molecule has 2 rings (SSSR count). The van der Waals surface area contributed by atoms with Crippen LogP contribution >= 0.6 is 0 Å². The summed E-state index contributed by atoms with van der Waals surface area (Å²) in [6.07, 6.45) is 1.49. The minimum Gasteiger partial charge on any atom is -0.192 e. The predicted molar refractivity (Wildman–Crippen MR) is 169 cm³/mol. The highest BCUT2D eigenvalue weighted by atomic mass is 14.2. The Bertz CT molecular complexity index is 890. The molecule has 0 aliphatic heterocycles. The van der Waals surface area contributed by atoms with E-state index in [4.69, 9.17) is 74.9 Å². The zero-order valence-electron chi connectivity index (χ0n) is 20.7. The van der Waals surface area contributed by atoms with Gasteiger partial charge in [-0.3, -0.25) is 0 Å². The first-order valence-corrected chi connectivity index (χ1v) is 11.6. The van der Waals surface area contributed by atoms with E-state index in [1.807, 2.05) is 24.3 Å². The molecule has 0 aromatic heterocycles. The van der Waals surface area contributed by atoms with E-state index in [2.05, 4.69) is 44.2 Å². The van der Waals surface area contributed by atoms with Crippen LogP contribution in [0.1, 0.15) is 31.4 Å². The third-order valence-electron chi connectivity index (χ3n) is 6.51. The van der Waals surface area contributed by atoms with E-state index in [1.165, 1.54) is 24.6 Å². The summed E-state index contributed by atoms with van der Waals surface area (Å²) in [6, 6.07) is 18.6.